The molecule has 0 unspecified atom stereocenters. The van der Waals surface area contributed by atoms with Crippen molar-refractivity contribution in [3.63, 3.8) is 0 Å². The molecule has 1 heterocycles. The van der Waals surface area contributed by atoms with E-state index >= 15 is 0 Å². The lowest BCUT2D eigenvalue weighted by Crippen LogP contribution is -2.38. The molecular weight excluding hydrogens is 380 g/mol. The molecule has 6 nitrogen and oxygen atoms in total. The van der Waals surface area contributed by atoms with Gasteiger partial charge in [-0.3, -0.25) is 14.4 Å². The van der Waals surface area contributed by atoms with Crippen LogP contribution in [0.1, 0.15) is 27.9 Å². The second-order valence-corrected chi connectivity index (χ2v) is 6.94. The van der Waals surface area contributed by atoms with Gasteiger partial charge in [-0.05, 0) is 41.8 Å². The number of nitrogens with one attached hydrogen (secondary N) is 1. The lowest BCUT2D eigenvalue weighted by atomic mass is 10.00. The van der Waals surface area contributed by atoms with Crippen molar-refractivity contribution in [3.05, 3.63) is 70.2 Å². The van der Waals surface area contributed by atoms with E-state index in [0.717, 1.165) is 12.0 Å². The van der Waals surface area contributed by atoms with Gasteiger partial charge in [-0.2, -0.15) is 0 Å². The van der Waals surface area contributed by atoms with Crippen molar-refractivity contribution >= 4 is 29.4 Å². The van der Waals surface area contributed by atoms with Gasteiger partial charge < -0.3 is 15.0 Å². The van der Waals surface area contributed by atoms with Crippen molar-refractivity contribution in [1.29, 1.82) is 0 Å². The molecule has 1 aliphatic heterocycles. The lowest BCUT2D eigenvalue weighted by molar-refractivity contribution is -0.152. The van der Waals surface area contributed by atoms with Crippen LogP contribution in [-0.2, 0) is 27.3 Å². The second-order valence-electron chi connectivity index (χ2n) is 6.51. The van der Waals surface area contributed by atoms with Crippen molar-refractivity contribution in [2.24, 2.45) is 0 Å². The average Bonchev–Trinajstić information content (AvgIpc) is 2.72. The van der Waals surface area contributed by atoms with Crippen LogP contribution in [0.2, 0.25) is 5.02 Å². The standard InChI is InChI=1S/C21H21ClN2O4/c22-18-7-5-16(6-8-18)21(27)23-11-9-20(26)28-14-19(25)24-12-10-15-3-1-2-4-17(15)13-24/h1-8H,9-14H2,(H,23,27). The average molecular weight is 401 g/mol. The molecular formula is C21H21ClN2O4. The van der Waals surface area contributed by atoms with E-state index in [-0.39, 0.29) is 31.4 Å². The maximum absolute atomic E-state index is 12.3. The fourth-order valence-electron chi connectivity index (χ4n) is 3.00. The van der Waals surface area contributed by atoms with Gasteiger partial charge in [-0.1, -0.05) is 35.9 Å². The Labute approximate surface area is 168 Å². The number of fused-ring (bicyclic) bond motifs is 1. The number of hydrogen-bond donors (Lipinski definition) is 1. The maximum atomic E-state index is 12.3. The Bertz CT molecular complexity index is 867. The molecule has 0 radical (unpaired) electrons. The Morgan fingerprint density at radius 3 is 2.50 bits per heavy atom. The van der Waals surface area contributed by atoms with Crippen molar-refractivity contribution in [2.45, 2.75) is 19.4 Å². The zero-order chi connectivity index (χ0) is 19.9. The molecule has 0 atom stereocenters. The molecule has 0 bridgehead atoms. The zero-order valence-corrected chi connectivity index (χ0v) is 16.1. The molecule has 0 aromatic heterocycles. The zero-order valence-electron chi connectivity index (χ0n) is 15.3. The Kier molecular flexibility index (Phi) is 6.66. The van der Waals surface area contributed by atoms with E-state index in [1.807, 2.05) is 18.2 Å². The van der Waals surface area contributed by atoms with E-state index in [1.54, 1.807) is 29.2 Å². The number of esters is 1. The normalized spacial score (nSPS) is 12.8. The number of hydrogen-bond acceptors (Lipinski definition) is 4. The summed E-state index contributed by atoms with van der Waals surface area (Å²) in [6, 6.07) is 14.5. The van der Waals surface area contributed by atoms with Gasteiger partial charge in [0, 0.05) is 30.2 Å². The van der Waals surface area contributed by atoms with Crippen LogP contribution in [0.25, 0.3) is 0 Å². The number of benzene rings is 2. The Morgan fingerprint density at radius 2 is 1.75 bits per heavy atom. The summed E-state index contributed by atoms with van der Waals surface area (Å²) in [6.45, 7) is 0.992. The van der Waals surface area contributed by atoms with E-state index in [1.165, 1.54) is 5.56 Å². The highest BCUT2D eigenvalue weighted by atomic mass is 35.5. The molecule has 2 aromatic rings. The van der Waals surface area contributed by atoms with Gasteiger partial charge in [-0.25, -0.2) is 0 Å². The fourth-order valence-corrected chi connectivity index (χ4v) is 3.12. The van der Waals surface area contributed by atoms with Crippen LogP contribution in [0, 0.1) is 0 Å². The van der Waals surface area contributed by atoms with Crippen LogP contribution in [-0.4, -0.2) is 42.4 Å². The topological polar surface area (TPSA) is 75.7 Å². The summed E-state index contributed by atoms with van der Waals surface area (Å²) in [5.41, 5.74) is 2.83. The second kappa shape index (κ2) is 9.37. The number of ether oxygens (including phenoxy) is 1. The van der Waals surface area contributed by atoms with Crippen LogP contribution in [0.15, 0.2) is 48.5 Å². The molecule has 0 fully saturated rings. The summed E-state index contributed by atoms with van der Waals surface area (Å²) < 4.78 is 5.05. The molecule has 2 aromatic carbocycles. The minimum atomic E-state index is -0.526. The first kappa shape index (κ1) is 19.9. The van der Waals surface area contributed by atoms with E-state index < -0.39 is 5.97 Å². The molecule has 3 rings (SSSR count). The largest absolute Gasteiger partial charge is 0.456 e. The minimum Gasteiger partial charge on any atom is -0.456 e. The third-order valence-electron chi connectivity index (χ3n) is 4.56. The Balaban J connectivity index is 1.37. The molecule has 0 saturated heterocycles. The highest BCUT2D eigenvalue weighted by molar-refractivity contribution is 6.30. The molecule has 0 saturated carbocycles. The molecule has 2 amide bonds. The molecule has 0 aliphatic carbocycles. The summed E-state index contributed by atoms with van der Waals surface area (Å²) >= 11 is 5.78. The lowest BCUT2D eigenvalue weighted by Gasteiger charge is -2.28. The van der Waals surface area contributed by atoms with Crippen LogP contribution >= 0.6 is 11.6 Å². The summed E-state index contributed by atoms with van der Waals surface area (Å²) in [6.07, 6.45) is 0.794. The Hall–Kier alpha value is -2.86. The van der Waals surface area contributed by atoms with E-state index in [9.17, 15) is 14.4 Å². The van der Waals surface area contributed by atoms with Crippen LogP contribution in [0.4, 0.5) is 0 Å². The number of carbonyl (C=O) groups excluding carboxylic acids is 3. The number of rotatable bonds is 6. The summed E-state index contributed by atoms with van der Waals surface area (Å²) in [5, 5.41) is 3.18. The Morgan fingerprint density at radius 1 is 1.04 bits per heavy atom. The van der Waals surface area contributed by atoms with Gasteiger partial charge in [0.15, 0.2) is 6.61 Å². The van der Waals surface area contributed by atoms with Gasteiger partial charge >= 0.3 is 5.97 Å². The predicted octanol–water partition coefficient (Wildman–Crippen LogP) is 2.59. The van der Waals surface area contributed by atoms with Crippen molar-refractivity contribution < 1.29 is 19.1 Å². The van der Waals surface area contributed by atoms with Crippen LogP contribution < -0.4 is 5.32 Å². The smallest absolute Gasteiger partial charge is 0.308 e. The summed E-state index contributed by atoms with van der Waals surface area (Å²) in [4.78, 5) is 37.7. The first-order chi connectivity index (χ1) is 13.5. The quantitative estimate of drug-likeness (QED) is 0.756. The van der Waals surface area contributed by atoms with Gasteiger partial charge in [0.2, 0.25) is 0 Å². The number of nitrogens with zero attached hydrogens (tertiary/aromatic N) is 1. The van der Waals surface area contributed by atoms with Gasteiger partial charge in [-0.15, -0.1) is 0 Å². The first-order valence-electron chi connectivity index (χ1n) is 9.07. The van der Waals surface area contributed by atoms with Gasteiger partial charge in [0.05, 0.1) is 6.42 Å². The monoisotopic (exact) mass is 400 g/mol. The molecule has 1 aliphatic rings. The van der Waals surface area contributed by atoms with Crippen LogP contribution in [0.3, 0.4) is 0 Å². The maximum Gasteiger partial charge on any atom is 0.308 e. The molecule has 146 valence electrons. The number of halogens is 1. The number of amides is 2. The highest BCUT2D eigenvalue weighted by Crippen LogP contribution is 2.18. The van der Waals surface area contributed by atoms with E-state index in [2.05, 4.69) is 11.4 Å². The predicted molar refractivity (Wildman–Crippen MR) is 105 cm³/mol. The fraction of sp³-hybridized carbons (Fsp3) is 0.286. The molecule has 7 heteroatoms. The van der Waals surface area contributed by atoms with Crippen molar-refractivity contribution in [3.8, 4) is 0 Å². The van der Waals surface area contributed by atoms with E-state index in [4.69, 9.17) is 16.3 Å². The summed E-state index contributed by atoms with van der Waals surface area (Å²) in [7, 11) is 0. The SMILES string of the molecule is O=C(CCNC(=O)c1ccc(Cl)cc1)OCC(=O)N1CCc2ccccc2C1. The van der Waals surface area contributed by atoms with E-state index in [0.29, 0.717) is 23.7 Å². The van der Waals surface area contributed by atoms with Crippen molar-refractivity contribution in [1.82, 2.24) is 10.2 Å². The van der Waals surface area contributed by atoms with Gasteiger partial charge in [0.1, 0.15) is 0 Å². The summed E-state index contributed by atoms with van der Waals surface area (Å²) in [5.74, 6) is -1.04. The minimum absolute atomic E-state index is 0.00452. The van der Waals surface area contributed by atoms with Crippen LogP contribution in [0.5, 0.6) is 0 Å². The van der Waals surface area contributed by atoms with Gasteiger partial charge in [0.25, 0.3) is 11.8 Å². The third-order valence-corrected chi connectivity index (χ3v) is 4.81. The molecule has 28 heavy (non-hydrogen) atoms. The highest BCUT2D eigenvalue weighted by Gasteiger charge is 2.21. The first-order valence-corrected chi connectivity index (χ1v) is 9.44. The number of carbonyl (C=O) groups is 3. The van der Waals surface area contributed by atoms with Crippen molar-refractivity contribution in [2.75, 3.05) is 19.7 Å². The third kappa shape index (κ3) is 5.33. The molecule has 0 spiro atoms. The molecule has 1 N–H and O–H groups in total.